The summed E-state index contributed by atoms with van der Waals surface area (Å²) in [5.74, 6) is -0.425. The fourth-order valence-electron chi connectivity index (χ4n) is 3.81. The van der Waals surface area contributed by atoms with E-state index in [-0.39, 0.29) is 22.8 Å². The first-order valence-electron chi connectivity index (χ1n) is 10.9. The van der Waals surface area contributed by atoms with Crippen molar-refractivity contribution >= 4 is 15.9 Å². The predicted octanol–water partition coefficient (Wildman–Crippen LogP) is 3.08. The summed E-state index contributed by atoms with van der Waals surface area (Å²) < 4.78 is 28.2. The summed E-state index contributed by atoms with van der Waals surface area (Å²) in [4.78, 5) is 15.5. The first-order chi connectivity index (χ1) is 14.7. The van der Waals surface area contributed by atoms with E-state index >= 15 is 0 Å². The van der Waals surface area contributed by atoms with Gasteiger partial charge in [0, 0.05) is 25.7 Å². The molecule has 1 amide bonds. The zero-order valence-corrected chi connectivity index (χ0v) is 19.4. The monoisotopic (exact) mass is 443 g/mol. The fraction of sp³-hybridized carbons (Fsp3) is 0.458. The number of nitrogens with one attached hydrogen (secondary N) is 2. The lowest BCUT2D eigenvalue weighted by Gasteiger charge is -2.33. The maximum absolute atomic E-state index is 12.9. The molecule has 31 heavy (non-hydrogen) atoms. The Balaban J connectivity index is 1.55. The lowest BCUT2D eigenvalue weighted by Crippen LogP contribution is -2.53. The van der Waals surface area contributed by atoms with Gasteiger partial charge in [-0.25, -0.2) is 8.42 Å². The zero-order valence-electron chi connectivity index (χ0n) is 18.5. The summed E-state index contributed by atoms with van der Waals surface area (Å²) in [7, 11) is -3.77. The Labute approximate surface area is 186 Å². The molecule has 2 aromatic rings. The summed E-state index contributed by atoms with van der Waals surface area (Å²) in [5, 5.41) is 3.08. The lowest BCUT2D eigenvalue weighted by atomic mass is 10.0. The molecule has 0 bridgehead atoms. The van der Waals surface area contributed by atoms with Gasteiger partial charge in [-0.1, -0.05) is 61.9 Å². The van der Waals surface area contributed by atoms with E-state index < -0.39 is 16.1 Å². The van der Waals surface area contributed by atoms with E-state index in [2.05, 4.69) is 27.1 Å². The molecule has 168 valence electrons. The molecule has 0 aromatic heterocycles. The van der Waals surface area contributed by atoms with Crippen LogP contribution in [0.25, 0.3) is 0 Å². The molecule has 1 fully saturated rings. The van der Waals surface area contributed by atoms with Gasteiger partial charge in [-0.3, -0.25) is 9.69 Å². The molecule has 0 spiro atoms. The van der Waals surface area contributed by atoms with Gasteiger partial charge < -0.3 is 5.32 Å². The molecule has 7 heteroatoms. The number of carbonyl (C=O) groups excluding carboxylic acids is 1. The first-order valence-corrected chi connectivity index (χ1v) is 12.4. The number of rotatable bonds is 8. The van der Waals surface area contributed by atoms with Crippen molar-refractivity contribution < 1.29 is 13.2 Å². The second kappa shape index (κ2) is 10.4. The maximum atomic E-state index is 12.9. The highest BCUT2D eigenvalue weighted by Gasteiger charge is 2.30. The number of amides is 1. The number of benzene rings is 2. The zero-order chi connectivity index (χ0) is 22.4. The number of aryl methyl sites for hydroxylation is 1. The van der Waals surface area contributed by atoms with Crippen LogP contribution >= 0.6 is 0 Å². The second-order valence-electron chi connectivity index (χ2n) is 8.70. The van der Waals surface area contributed by atoms with Crippen LogP contribution in [0.2, 0.25) is 0 Å². The van der Waals surface area contributed by atoms with Crippen molar-refractivity contribution in [3.05, 3.63) is 65.7 Å². The first kappa shape index (κ1) is 23.4. The highest BCUT2D eigenvalue weighted by molar-refractivity contribution is 7.89. The number of hydrogen-bond acceptors (Lipinski definition) is 4. The molecule has 3 rings (SSSR count). The van der Waals surface area contributed by atoms with Crippen LogP contribution in [0.15, 0.2) is 59.5 Å². The van der Waals surface area contributed by atoms with Crippen LogP contribution in [-0.2, 0) is 21.4 Å². The molecular formula is C24H33N3O3S. The summed E-state index contributed by atoms with van der Waals surface area (Å²) in [6, 6.07) is 16.2. The minimum Gasteiger partial charge on any atom is -0.352 e. The van der Waals surface area contributed by atoms with Crippen LogP contribution in [0.1, 0.15) is 37.8 Å². The number of carbonyl (C=O) groups is 1. The minimum absolute atomic E-state index is 0.0599. The Bertz CT molecular complexity index is 951. The summed E-state index contributed by atoms with van der Waals surface area (Å²) >= 11 is 0. The molecule has 1 unspecified atom stereocenters. The smallest absolute Gasteiger partial charge is 0.241 e. The molecule has 0 saturated carbocycles. The SMILES string of the molecule is Cc1ccc(S(=O)(=O)NC(C(=O)NC2CCN(Cc3ccccc3)CC2)C(C)C)cc1. The van der Waals surface area contributed by atoms with Crippen molar-refractivity contribution in [3.63, 3.8) is 0 Å². The molecular weight excluding hydrogens is 410 g/mol. The summed E-state index contributed by atoms with van der Waals surface area (Å²) in [5.41, 5.74) is 2.27. The molecule has 1 saturated heterocycles. The van der Waals surface area contributed by atoms with Crippen molar-refractivity contribution in [2.24, 2.45) is 5.92 Å². The Morgan fingerprint density at radius 3 is 2.23 bits per heavy atom. The largest absolute Gasteiger partial charge is 0.352 e. The average Bonchev–Trinajstić information content (AvgIpc) is 2.74. The minimum atomic E-state index is -3.77. The van der Waals surface area contributed by atoms with Gasteiger partial charge in [0.25, 0.3) is 0 Å². The number of sulfonamides is 1. The van der Waals surface area contributed by atoms with E-state index in [1.54, 1.807) is 24.3 Å². The number of nitrogens with zero attached hydrogens (tertiary/aromatic N) is 1. The number of piperidine rings is 1. The number of likely N-dealkylation sites (tertiary alicyclic amines) is 1. The van der Waals surface area contributed by atoms with Crippen LogP contribution in [0.5, 0.6) is 0 Å². The Morgan fingerprint density at radius 2 is 1.65 bits per heavy atom. The van der Waals surface area contributed by atoms with E-state index in [0.717, 1.165) is 38.0 Å². The molecule has 1 atom stereocenters. The van der Waals surface area contributed by atoms with Crippen LogP contribution < -0.4 is 10.0 Å². The van der Waals surface area contributed by atoms with Gasteiger partial charge in [0.15, 0.2) is 0 Å². The van der Waals surface area contributed by atoms with Gasteiger partial charge in [-0.05, 0) is 43.4 Å². The molecule has 1 heterocycles. The lowest BCUT2D eigenvalue weighted by molar-refractivity contribution is -0.124. The average molecular weight is 444 g/mol. The maximum Gasteiger partial charge on any atom is 0.241 e. The summed E-state index contributed by atoms with van der Waals surface area (Å²) in [6.07, 6.45) is 1.71. The second-order valence-corrected chi connectivity index (χ2v) is 10.4. The molecule has 0 radical (unpaired) electrons. The van der Waals surface area contributed by atoms with E-state index in [9.17, 15) is 13.2 Å². The van der Waals surface area contributed by atoms with Crippen molar-refractivity contribution in [2.45, 2.75) is 57.1 Å². The molecule has 2 aromatic carbocycles. The van der Waals surface area contributed by atoms with Gasteiger partial charge in [-0.15, -0.1) is 0 Å². The standard InChI is InChI=1S/C24H33N3O3S/c1-18(2)23(26-31(29,30)22-11-9-19(3)10-12-22)24(28)25-21-13-15-27(16-14-21)17-20-7-5-4-6-8-20/h4-12,18,21,23,26H,13-17H2,1-3H3,(H,25,28). The van der Waals surface area contributed by atoms with Crippen LogP contribution in [0, 0.1) is 12.8 Å². The molecule has 1 aliphatic rings. The third-order valence-corrected chi connectivity index (χ3v) is 7.20. The highest BCUT2D eigenvalue weighted by Crippen LogP contribution is 2.16. The van der Waals surface area contributed by atoms with E-state index in [0.29, 0.717) is 0 Å². The normalized spacial score (nSPS) is 16.9. The van der Waals surface area contributed by atoms with Crippen molar-refractivity contribution in [1.29, 1.82) is 0 Å². The van der Waals surface area contributed by atoms with Crippen molar-refractivity contribution in [1.82, 2.24) is 14.9 Å². The van der Waals surface area contributed by atoms with Gasteiger partial charge in [0.2, 0.25) is 15.9 Å². The molecule has 0 aliphatic carbocycles. The van der Waals surface area contributed by atoms with Crippen LogP contribution in [-0.4, -0.2) is 44.4 Å². The van der Waals surface area contributed by atoms with Crippen LogP contribution in [0.4, 0.5) is 0 Å². The van der Waals surface area contributed by atoms with E-state index in [4.69, 9.17) is 0 Å². The van der Waals surface area contributed by atoms with Gasteiger partial charge >= 0.3 is 0 Å². The Hall–Kier alpha value is -2.22. The predicted molar refractivity (Wildman–Crippen MR) is 123 cm³/mol. The van der Waals surface area contributed by atoms with Gasteiger partial charge in [0.05, 0.1) is 4.90 Å². The molecule has 1 aliphatic heterocycles. The summed E-state index contributed by atoms with van der Waals surface area (Å²) in [6.45, 7) is 8.32. The van der Waals surface area contributed by atoms with E-state index in [1.165, 1.54) is 5.56 Å². The quantitative estimate of drug-likeness (QED) is 0.657. The number of hydrogen-bond donors (Lipinski definition) is 2. The van der Waals surface area contributed by atoms with Crippen LogP contribution in [0.3, 0.4) is 0 Å². The van der Waals surface area contributed by atoms with Gasteiger partial charge in [-0.2, -0.15) is 4.72 Å². The van der Waals surface area contributed by atoms with Gasteiger partial charge in [0.1, 0.15) is 6.04 Å². The van der Waals surface area contributed by atoms with Crippen molar-refractivity contribution in [3.8, 4) is 0 Å². The molecule has 2 N–H and O–H groups in total. The van der Waals surface area contributed by atoms with Crippen molar-refractivity contribution in [2.75, 3.05) is 13.1 Å². The topological polar surface area (TPSA) is 78.5 Å². The Morgan fingerprint density at radius 1 is 1.03 bits per heavy atom. The van der Waals surface area contributed by atoms with E-state index in [1.807, 2.05) is 39.0 Å². The highest BCUT2D eigenvalue weighted by atomic mass is 32.2. The third kappa shape index (κ3) is 6.63. The molecule has 6 nitrogen and oxygen atoms in total. The fourth-order valence-corrected chi connectivity index (χ4v) is 5.16. The third-order valence-electron chi connectivity index (χ3n) is 5.75. The Kier molecular flexibility index (Phi) is 7.86.